The maximum absolute atomic E-state index is 12.9. The fourth-order valence-electron chi connectivity index (χ4n) is 2.18. The highest BCUT2D eigenvalue weighted by Gasteiger charge is 2.32. The van der Waals surface area contributed by atoms with Crippen LogP contribution in [0.25, 0.3) is 0 Å². The molecule has 0 fully saturated rings. The Balaban J connectivity index is 2.57. The lowest BCUT2D eigenvalue weighted by Crippen LogP contribution is -2.45. The molecule has 20 heavy (non-hydrogen) atoms. The van der Waals surface area contributed by atoms with Gasteiger partial charge in [-0.25, -0.2) is 4.39 Å². The summed E-state index contributed by atoms with van der Waals surface area (Å²) >= 11 is 5.94. The molecule has 0 aliphatic carbocycles. The zero-order valence-electron chi connectivity index (χ0n) is 12.0. The number of hydrogen-bond donors (Lipinski definition) is 2. The van der Waals surface area contributed by atoms with Gasteiger partial charge in [0, 0.05) is 18.1 Å². The lowest BCUT2D eigenvalue weighted by molar-refractivity contribution is -0.131. The molecule has 0 radical (unpaired) electrons. The Labute approximate surface area is 124 Å². The van der Waals surface area contributed by atoms with Crippen LogP contribution in [0.1, 0.15) is 32.3 Å². The summed E-state index contributed by atoms with van der Waals surface area (Å²) in [7, 11) is 0. The molecular formula is C15H22ClFN2O. The van der Waals surface area contributed by atoms with E-state index >= 15 is 0 Å². The third-order valence-corrected chi connectivity index (χ3v) is 4.27. The topological polar surface area (TPSA) is 55.1 Å². The molecule has 0 atom stereocenters. The average Bonchev–Trinajstić information content (AvgIpc) is 2.44. The first-order valence-electron chi connectivity index (χ1n) is 6.91. The molecule has 0 aliphatic heterocycles. The van der Waals surface area contributed by atoms with E-state index in [1.54, 1.807) is 6.07 Å². The molecule has 5 heteroatoms. The molecule has 1 aromatic carbocycles. The van der Waals surface area contributed by atoms with Crippen molar-refractivity contribution in [2.24, 2.45) is 11.1 Å². The molecular weight excluding hydrogens is 279 g/mol. The second-order valence-electron chi connectivity index (χ2n) is 4.93. The van der Waals surface area contributed by atoms with E-state index in [9.17, 15) is 9.18 Å². The van der Waals surface area contributed by atoms with Gasteiger partial charge in [-0.2, -0.15) is 0 Å². The quantitative estimate of drug-likeness (QED) is 0.813. The summed E-state index contributed by atoms with van der Waals surface area (Å²) < 4.78 is 12.9. The summed E-state index contributed by atoms with van der Waals surface area (Å²) in [5, 5.41) is 3.28. The molecule has 0 saturated carbocycles. The summed E-state index contributed by atoms with van der Waals surface area (Å²) in [6, 6.07) is 4.28. The van der Waals surface area contributed by atoms with Crippen molar-refractivity contribution >= 4 is 17.5 Å². The van der Waals surface area contributed by atoms with E-state index in [2.05, 4.69) is 5.32 Å². The number of halogens is 2. The van der Waals surface area contributed by atoms with Crippen molar-refractivity contribution < 1.29 is 9.18 Å². The van der Waals surface area contributed by atoms with Gasteiger partial charge in [-0.1, -0.05) is 31.5 Å². The van der Waals surface area contributed by atoms with Crippen LogP contribution in [0.2, 0.25) is 5.02 Å². The van der Waals surface area contributed by atoms with Crippen molar-refractivity contribution in [3.8, 4) is 0 Å². The van der Waals surface area contributed by atoms with E-state index in [1.165, 1.54) is 12.1 Å². The van der Waals surface area contributed by atoms with Gasteiger partial charge in [-0.05, 0) is 37.0 Å². The first-order chi connectivity index (χ1) is 9.49. The van der Waals surface area contributed by atoms with Crippen molar-refractivity contribution in [1.82, 2.24) is 5.32 Å². The predicted octanol–water partition coefficient (Wildman–Crippen LogP) is 2.90. The number of carbonyl (C=O) groups excluding carboxylic acids is 1. The van der Waals surface area contributed by atoms with Crippen molar-refractivity contribution in [3.63, 3.8) is 0 Å². The van der Waals surface area contributed by atoms with Gasteiger partial charge in [0.15, 0.2) is 0 Å². The highest BCUT2D eigenvalue weighted by atomic mass is 35.5. The fraction of sp³-hybridized carbons (Fsp3) is 0.533. The van der Waals surface area contributed by atoms with E-state index in [0.29, 0.717) is 37.4 Å². The summed E-state index contributed by atoms with van der Waals surface area (Å²) in [6.45, 7) is 4.73. The van der Waals surface area contributed by atoms with Gasteiger partial charge >= 0.3 is 0 Å². The van der Waals surface area contributed by atoms with Crippen molar-refractivity contribution in [2.75, 3.05) is 13.1 Å². The average molecular weight is 301 g/mol. The van der Waals surface area contributed by atoms with E-state index in [0.717, 1.165) is 5.56 Å². The highest BCUT2D eigenvalue weighted by molar-refractivity contribution is 6.31. The Morgan fingerprint density at radius 3 is 2.55 bits per heavy atom. The molecule has 3 N–H and O–H groups in total. The van der Waals surface area contributed by atoms with Crippen LogP contribution in [0.4, 0.5) is 4.39 Å². The molecule has 0 unspecified atom stereocenters. The zero-order valence-corrected chi connectivity index (χ0v) is 12.8. The number of nitrogens with two attached hydrogens (primary N) is 1. The number of benzene rings is 1. The standard InChI is InChI=1S/C15H22ClFN2O/c1-3-15(4-2,10-18)14(20)19-8-7-11-5-6-12(17)9-13(11)16/h5-6,9H,3-4,7-8,10,18H2,1-2H3,(H,19,20). The summed E-state index contributed by atoms with van der Waals surface area (Å²) in [6.07, 6.45) is 1.99. The van der Waals surface area contributed by atoms with Gasteiger partial charge in [0.1, 0.15) is 5.82 Å². The molecule has 0 bridgehead atoms. The Bertz CT molecular complexity index is 453. The molecule has 1 amide bonds. The smallest absolute Gasteiger partial charge is 0.227 e. The molecule has 0 spiro atoms. The number of carbonyl (C=O) groups is 1. The maximum atomic E-state index is 12.9. The number of hydrogen-bond acceptors (Lipinski definition) is 2. The van der Waals surface area contributed by atoms with Crippen LogP contribution in [0, 0.1) is 11.2 Å². The van der Waals surface area contributed by atoms with E-state index in [1.807, 2.05) is 13.8 Å². The molecule has 112 valence electrons. The fourth-order valence-corrected chi connectivity index (χ4v) is 2.44. The van der Waals surface area contributed by atoms with Crippen molar-refractivity contribution in [2.45, 2.75) is 33.1 Å². The van der Waals surface area contributed by atoms with Gasteiger partial charge in [-0.15, -0.1) is 0 Å². The third kappa shape index (κ3) is 3.93. The molecule has 1 aromatic rings. The largest absolute Gasteiger partial charge is 0.355 e. The SMILES string of the molecule is CCC(CC)(CN)C(=O)NCCc1ccc(F)cc1Cl. The van der Waals surface area contributed by atoms with E-state index in [-0.39, 0.29) is 11.7 Å². The van der Waals surface area contributed by atoms with Crippen LogP contribution in [0.3, 0.4) is 0 Å². The Hall–Kier alpha value is -1.13. The third-order valence-electron chi connectivity index (χ3n) is 3.92. The first-order valence-corrected chi connectivity index (χ1v) is 7.29. The maximum Gasteiger partial charge on any atom is 0.227 e. The normalized spacial score (nSPS) is 11.4. The number of rotatable bonds is 7. The van der Waals surface area contributed by atoms with Crippen LogP contribution in [-0.2, 0) is 11.2 Å². The minimum absolute atomic E-state index is 0.0248. The monoisotopic (exact) mass is 300 g/mol. The lowest BCUT2D eigenvalue weighted by atomic mass is 9.81. The summed E-state index contributed by atoms with van der Waals surface area (Å²) in [5.41, 5.74) is 6.06. The van der Waals surface area contributed by atoms with Gasteiger partial charge in [0.2, 0.25) is 5.91 Å². The van der Waals surface area contributed by atoms with E-state index < -0.39 is 5.41 Å². The number of amides is 1. The van der Waals surface area contributed by atoms with Crippen molar-refractivity contribution in [3.05, 3.63) is 34.6 Å². The van der Waals surface area contributed by atoms with Crippen LogP contribution >= 0.6 is 11.6 Å². The summed E-state index contributed by atoms with van der Waals surface area (Å²) in [4.78, 5) is 12.2. The van der Waals surface area contributed by atoms with Gasteiger partial charge in [0.25, 0.3) is 0 Å². The van der Waals surface area contributed by atoms with Crippen molar-refractivity contribution in [1.29, 1.82) is 0 Å². The zero-order chi connectivity index (χ0) is 15.2. The van der Waals surface area contributed by atoms with Crippen LogP contribution < -0.4 is 11.1 Å². The summed E-state index contributed by atoms with van der Waals surface area (Å²) in [5.74, 6) is -0.384. The Kier molecular flexibility index (Phi) is 6.43. The molecule has 3 nitrogen and oxygen atoms in total. The Morgan fingerprint density at radius 1 is 1.40 bits per heavy atom. The lowest BCUT2D eigenvalue weighted by Gasteiger charge is -2.28. The van der Waals surface area contributed by atoms with Gasteiger partial charge < -0.3 is 11.1 Å². The van der Waals surface area contributed by atoms with Crippen LogP contribution in [0.15, 0.2) is 18.2 Å². The molecule has 1 rings (SSSR count). The van der Waals surface area contributed by atoms with Gasteiger partial charge in [0.05, 0.1) is 5.41 Å². The second kappa shape index (κ2) is 7.60. The number of nitrogens with one attached hydrogen (secondary N) is 1. The molecule has 0 aliphatic rings. The van der Waals surface area contributed by atoms with Crippen LogP contribution in [0.5, 0.6) is 0 Å². The second-order valence-corrected chi connectivity index (χ2v) is 5.34. The van der Waals surface area contributed by atoms with Gasteiger partial charge in [-0.3, -0.25) is 4.79 Å². The first kappa shape index (κ1) is 16.9. The molecule has 0 aromatic heterocycles. The molecule has 0 heterocycles. The Morgan fingerprint density at radius 2 is 2.05 bits per heavy atom. The highest BCUT2D eigenvalue weighted by Crippen LogP contribution is 2.25. The minimum Gasteiger partial charge on any atom is -0.355 e. The molecule has 0 saturated heterocycles. The van der Waals surface area contributed by atoms with E-state index in [4.69, 9.17) is 17.3 Å². The minimum atomic E-state index is -0.493. The predicted molar refractivity (Wildman–Crippen MR) is 80.2 cm³/mol. The van der Waals surface area contributed by atoms with Crippen LogP contribution in [-0.4, -0.2) is 19.0 Å².